The molecule has 5 heterocycles. The van der Waals surface area contributed by atoms with E-state index < -0.39 is 34.6 Å². The van der Waals surface area contributed by atoms with Crippen molar-refractivity contribution in [1.29, 1.82) is 0 Å². The molecule has 8 bridgehead atoms. The number of benzene rings is 4. The van der Waals surface area contributed by atoms with Gasteiger partial charge in [0.05, 0.1) is 34.9 Å². The molecule has 0 amide bonds. The van der Waals surface area contributed by atoms with Gasteiger partial charge < -0.3 is 30.0 Å². The van der Waals surface area contributed by atoms with Crippen LogP contribution in [0.3, 0.4) is 0 Å². The van der Waals surface area contributed by atoms with E-state index in [9.17, 15) is 15.3 Å². The van der Waals surface area contributed by atoms with Gasteiger partial charge in [-0.3, -0.25) is 0 Å². The monoisotopic (exact) mass is 836 g/mol. The number of unbranched alkanes of at least 4 members (excludes halogenated alkanes) is 1. The maximum atomic E-state index is 16.5. The molecule has 7 aromatic rings. The van der Waals surface area contributed by atoms with E-state index in [0.29, 0.717) is 79.9 Å². The molecule has 62 heavy (non-hydrogen) atoms. The van der Waals surface area contributed by atoms with Gasteiger partial charge in [0.1, 0.15) is 17.2 Å². The minimum absolute atomic E-state index is 0.0347. The van der Waals surface area contributed by atoms with Gasteiger partial charge in [-0.25, -0.2) is 18.7 Å². The maximum Gasteiger partial charge on any atom is 0.204 e. The summed E-state index contributed by atoms with van der Waals surface area (Å²) in [5.74, 6) is -7.92. The zero-order chi connectivity index (χ0) is 43.7. The van der Waals surface area contributed by atoms with Gasteiger partial charge >= 0.3 is 0 Å². The number of phenolic OH excluding ortho intramolecular Hbond substituents is 3. The summed E-state index contributed by atoms with van der Waals surface area (Å²) >= 11 is 0. The van der Waals surface area contributed by atoms with Crippen molar-refractivity contribution in [1.82, 2.24) is 19.9 Å². The highest BCUT2D eigenvalue weighted by atomic mass is 19.2. The van der Waals surface area contributed by atoms with E-state index in [2.05, 4.69) is 9.97 Å². The summed E-state index contributed by atoms with van der Waals surface area (Å²) in [6, 6.07) is 26.5. The molecule has 0 atom stereocenters. The highest BCUT2D eigenvalue weighted by Crippen LogP contribution is 2.42. The molecule has 0 saturated carbocycles. The van der Waals surface area contributed by atoms with Gasteiger partial charge in [0.15, 0.2) is 17.4 Å². The van der Waals surface area contributed by atoms with Crippen molar-refractivity contribution < 1.29 is 37.6 Å². The predicted octanol–water partition coefficient (Wildman–Crippen LogP) is 13.2. The number of hydrogen-bond donors (Lipinski definition) is 5. The lowest BCUT2D eigenvalue weighted by molar-refractivity contribution is 0.267. The lowest BCUT2D eigenvalue weighted by Gasteiger charge is -2.14. The zero-order valence-electron chi connectivity index (χ0n) is 33.8. The minimum atomic E-state index is -1.69. The Hall–Kier alpha value is -7.60. The average Bonchev–Trinajstić information content (AvgIpc) is 4.12. The fraction of sp³-hybridized carbons (Fsp3) is 0.120. The average molecular weight is 837 g/mol. The first kappa shape index (κ1) is 41.1. The van der Waals surface area contributed by atoms with E-state index in [1.54, 1.807) is 66.7 Å². The van der Waals surface area contributed by atoms with Crippen molar-refractivity contribution >= 4 is 46.4 Å². The number of halogens is 4. The molecule has 0 unspecified atom stereocenters. The second-order valence-corrected chi connectivity index (χ2v) is 14.3. The number of phenols is 3. The summed E-state index contributed by atoms with van der Waals surface area (Å²) in [7, 11) is 0. The molecule has 0 fully saturated rings. The van der Waals surface area contributed by atoms with Crippen LogP contribution in [0.1, 0.15) is 56.4 Å². The largest absolute Gasteiger partial charge is 0.508 e. The van der Waals surface area contributed by atoms with Crippen LogP contribution in [0, 0.1) is 23.3 Å². The lowest BCUT2D eigenvalue weighted by atomic mass is 10.0. The molecule has 2 aliphatic heterocycles. The summed E-state index contributed by atoms with van der Waals surface area (Å²) in [6.45, 7) is 5.68. The third-order valence-electron chi connectivity index (χ3n) is 10.4. The van der Waals surface area contributed by atoms with Crippen molar-refractivity contribution in [2.45, 2.75) is 33.6 Å². The molecule has 12 heteroatoms. The molecule has 312 valence electrons. The number of nitrogens with one attached hydrogen (secondary N) is 2. The lowest BCUT2D eigenvalue weighted by Crippen LogP contribution is -2.08. The quantitative estimate of drug-likeness (QED) is 0.0589. The standard InChI is InChI=1S/C48H34F4N4O4.C2H6/c1-2-3-21-60-48-46(51)44(49)43(45(50)47(48)52)42-37-19-17-35(55-37)40(26-8-5-11-29(58)23-26)33-15-13-31(53-33)39(25-7-4-10-28(57)22-25)32-14-16-34(54-32)41(36-18-20-38(42)56-36)27-9-6-12-30(59)24-27;1-2/h4-20,22-24,53,56-59H,2-3,21H2,1H3;1-2H3. The van der Waals surface area contributed by atoms with Crippen molar-refractivity contribution in [2.24, 2.45) is 0 Å². The number of aromatic hydroxyl groups is 3. The molecule has 8 nitrogen and oxygen atoms in total. The van der Waals surface area contributed by atoms with Crippen LogP contribution in [0.4, 0.5) is 17.6 Å². The van der Waals surface area contributed by atoms with E-state index in [1.807, 2.05) is 39.0 Å². The van der Waals surface area contributed by atoms with Gasteiger partial charge in [-0.1, -0.05) is 63.6 Å². The third-order valence-corrected chi connectivity index (χ3v) is 10.4. The van der Waals surface area contributed by atoms with Crippen LogP contribution in [0.5, 0.6) is 23.0 Å². The number of rotatable bonds is 8. The molecule has 9 rings (SSSR count). The normalized spacial score (nSPS) is 11.7. The van der Waals surface area contributed by atoms with Crippen LogP contribution < -0.4 is 4.74 Å². The fourth-order valence-corrected chi connectivity index (χ4v) is 7.64. The maximum absolute atomic E-state index is 16.5. The van der Waals surface area contributed by atoms with Crippen LogP contribution in [0.15, 0.2) is 97.1 Å². The second kappa shape index (κ2) is 17.2. The van der Waals surface area contributed by atoms with E-state index in [1.165, 1.54) is 36.4 Å². The molecule has 0 spiro atoms. The summed E-state index contributed by atoms with van der Waals surface area (Å²) in [4.78, 5) is 16.7. The molecule has 4 aromatic carbocycles. The molecule has 2 aliphatic rings. The Morgan fingerprint density at radius 3 is 1.19 bits per heavy atom. The highest BCUT2D eigenvalue weighted by Gasteiger charge is 2.30. The van der Waals surface area contributed by atoms with Crippen LogP contribution >= 0.6 is 0 Å². The molecule has 0 radical (unpaired) electrons. The molecular formula is C50H40F4N4O4. The Bertz CT molecular complexity index is 3040. The van der Waals surface area contributed by atoms with Gasteiger partial charge in [-0.05, 0) is 108 Å². The zero-order valence-corrected chi connectivity index (χ0v) is 33.8. The van der Waals surface area contributed by atoms with Gasteiger partial charge in [0.25, 0.3) is 0 Å². The number of H-pyrrole nitrogens is 2. The molecule has 0 saturated heterocycles. The van der Waals surface area contributed by atoms with Crippen LogP contribution in [0.25, 0.3) is 90.9 Å². The second-order valence-electron chi connectivity index (χ2n) is 14.3. The Morgan fingerprint density at radius 1 is 0.484 bits per heavy atom. The van der Waals surface area contributed by atoms with Gasteiger partial charge in [-0.2, -0.15) is 8.78 Å². The van der Waals surface area contributed by atoms with Crippen molar-refractivity contribution in [3.63, 3.8) is 0 Å². The van der Waals surface area contributed by atoms with Crippen LogP contribution in [0.2, 0.25) is 0 Å². The Morgan fingerprint density at radius 2 is 0.839 bits per heavy atom. The van der Waals surface area contributed by atoms with Crippen LogP contribution in [-0.2, 0) is 0 Å². The van der Waals surface area contributed by atoms with Gasteiger partial charge in [0, 0.05) is 44.3 Å². The van der Waals surface area contributed by atoms with E-state index >= 15 is 17.6 Å². The topological polar surface area (TPSA) is 127 Å². The fourth-order valence-electron chi connectivity index (χ4n) is 7.64. The van der Waals surface area contributed by atoms with E-state index in [0.717, 1.165) is 0 Å². The Balaban J connectivity index is 0.00000261. The smallest absolute Gasteiger partial charge is 0.204 e. The number of ether oxygens (including phenoxy) is 1. The van der Waals surface area contributed by atoms with Crippen molar-refractivity contribution in [2.75, 3.05) is 6.61 Å². The first-order valence-electron chi connectivity index (χ1n) is 20.1. The van der Waals surface area contributed by atoms with E-state index in [4.69, 9.17) is 14.7 Å². The molecular weight excluding hydrogens is 797 g/mol. The predicted molar refractivity (Wildman–Crippen MR) is 237 cm³/mol. The number of hydrogen-bond acceptors (Lipinski definition) is 6. The molecule has 5 N–H and O–H groups in total. The first-order chi connectivity index (χ1) is 30.1. The first-order valence-corrected chi connectivity index (χ1v) is 20.1. The minimum Gasteiger partial charge on any atom is -0.508 e. The van der Waals surface area contributed by atoms with Crippen LogP contribution in [-0.4, -0.2) is 41.9 Å². The summed E-state index contributed by atoms with van der Waals surface area (Å²) in [6.07, 6.45) is 7.71. The van der Waals surface area contributed by atoms with Crippen molar-refractivity contribution in [3.8, 4) is 67.5 Å². The summed E-state index contributed by atoms with van der Waals surface area (Å²) in [5.41, 5.74) is 4.75. The SMILES string of the molecule is CC.CCCCOc1c(F)c(F)c(-c2c3nc(c(-c4cccc(O)c4)c4ccc([nH]4)c(-c4cccc(O)c4)c4nc(c(-c5cccc(O)c5)c5ccc2[nH]5)C=C4)C=C3)c(F)c1F. The summed E-state index contributed by atoms with van der Waals surface area (Å²) < 4.78 is 69.9. The number of aromatic amines is 2. The highest BCUT2D eigenvalue weighted by molar-refractivity contribution is 6.00. The van der Waals surface area contributed by atoms with Gasteiger partial charge in [0.2, 0.25) is 11.6 Å². The number of fused-ring (bicyclic) bond motifs is 8. The van der Waals surface area contributed by atoms with Crippen molar-refractivity contribution in [3.05, 3.63) is 143 Å². The molecule has 0 aliphatic carbocycles. The Labute approximate surface area is 353 Å². The van der Waals surface area contributed by atoms with Gasteiger partial charge in [-0.15, -0.1) is 0 Å². The number of nitrogens with zero attached hydrogens (tertiary/aromatic N) is 2. The van der Waals surface area contributed by atoms with E-state index in [-0.39, 0.29) is 40.6 Å². The molecule has 3 aromatic heterocycles. The summed E-state index contributed by atoms with van der Waals surface area (Å²) in [5, 5.41) is 31.8. The number of aromatic nitrogens is 4. The Kier molecular flexibility index (Phi) is 11.4. The third kappa shape index (κ3) is 7.55.